The van der Waals surface area contributed by atoms with Crippen LogP contribution in [0.3, 0.4) is 0 Å². The summed E-state index contributed by atoms with van der Waals surface area (Å²) >= 11 is 9.93. The Morgan fingerprint density at radius 2 is 1.76 bits per heavy atom. The lowest BCUT2D eigenvalue weighted by Gasteiger charge is -2.04. The fourth-order valence-corrected chi connectivity index (χ4v) is 4.75. The summed E-state index contributed by atoms with van der Waals surface area (Å²) in [4.78, 5) is 24.1. The van der Waals surface area contributed by atoms with Crippen LogP contribution in [0.4, 0.5) is 10.8 Å². The van der Waals surface area contributed by atoms with Gasteiger partial charge in [-0.15, -0.1) is 22.0 Å². The van der Waals surface area contributed by atoms with Crippen LogP contribution in [-0.2, 0) is 15.3 Å². The number of benzene rings is 2. The Labute approximate surface area is 185 Å². The van der Waals surface area contributed by atoms with Crippen molar-refractivity contribution < 1.29 is 9.59 Å². The second-order valence-electron chi connectivity index (χ2n) is 5.75. The van der Waals surface area contributed by atoms with E-state index >= 15 is 0 Å². The van der Waals surface area contributed by atoms with Crippen LogP contribution in [0, 0.1) is 0 Å². The molecule has 6 nitrogen and oxygen atoms in total. The molecule has 29 heavy (non-hydrogen) atoms. The maximum absolute atomic E-state index is 12.0. The molecule has 3 aromatic rings. The first-order valence-electron chi connectivity index (χ1n) is 8.52. The number of rotatable bonds is 9. The summed E-state index contributed by atoms with van der Waals surface area (Å²) in [5, 5.41) is 14.4. The monoisotopic (exact) mass is 464 g/mol. The quantitative estimate of drug-likeness (QED) is 0.349. The Morgan fingerprint density at radius 1 is 0.966 bits per heavy atom. The highest BCUT2D eigenvalue weighted by atomic mass is 35.5. The van der Waals surface area contributed by atoms with Crippen molar-refractivity contribution in [3.8, 4) is 0 Å². The van der Waals surface area contributed by atoms with E-state index in [0.29, 0.717) is 25.9 Å². The van der Waals surface area contributed by atoms with Crippen molar-refractivity contribution in [3.05, 3.63) is 65.2 Å². The predicted molar refractivity (Wildman–Crippen MR) is 122 cm³/mol. The second kappa shape index (κ2) is 11.2. The predicted octanol–water partition coefficient (Wildman–Crippen LogP) is 4.79. The van der Waals surface area contributed by atoms with Gasteiger partial charge in [0.25, 0.3) is 0 Å². The first kappa shape index (κ1) is 21.6. The van der Waals surface area contributed by atoms with Crippen molar-refractivity contribution in [2.45, 2.75) is 10.1 Å². The average molecular weight is 465 g/mol. The maximum atomic E-state index is 12.0. The summed E-state index contributed by atoms with van der Waals surface area (Å²) in [5.74, 6) is 0.988. The molecule has 0 unspecified atom stereocenters. The lowest BCUT2D eigenvalue weighted by atomic mass is 10.2. The number of amides is 2. The van der Waals surface area contributed by atoms with Crippen molar-refractivity contribution in [2.24, 2.45) is 0 Å². The number of carbonyl (C=O) groups is 2. The first-order chi connectivity index (χ1) is 14.1. The van der Waals surface area contributed by atoms with E-state index in [9.17, 15) is 9.59 Å². The zero-order valence-electron chi connectivity index (χ0n) is 15.1. The summed E-state index contributed by atoms with van der Waals surface area (Å²) in [6.45, 7) is 0. The van der Waals surface area contributed by atoms with E-state index in [1.54, 1.807) is 24.3 Å². The van der Waals surface area contributed by atoms with Gasteiger partial charge in [-0.1, -0.05) is 71.1 Å². The molecule has 2 aromatic carbocycles. The highest BCUT2D eigenvalue weighted by molar-refractivity contribution is 8.01. The number of thioether (sulfide) groups is 2. The van der Waals surface area contributed by atoms with Crippen molar-refractivity contribution in [1.29, 1.82) is 0 Å². The molecule has 2 amide bonds. The summed E-state index contributed by atoms with van der Waals surface area (Å²) in [5.41, 5.74) is 1.82. The third-order valence-electron chi connectivity index (χ3n) is 3.43. The van der Waals surface area contributed by atoms with Crippen LogP contribution in [-0.4, -0.2) is 33.5 Å². The van der Waals surface area contributed by atoms with Gasteiger partial charge in [0.15, 0.2) is 4.34 Å². The Morgan fingerprint density at radius 3 is 2.55 bits per heavy atom. The van der Waals surface area contributed by atoms with Crippen LogP contribution < -0.4 is 10.6 Å². The molecule has 0 bridgehead atoms. The van der Waals surface area contributed by atoms with Gasteiger partial charge in [0.2, 0.25) is 16.9 Å². The van der Waals surface area contributed by atoms with Crippen LogP contribution in [0.15, 0.2) is 58.9 Å². The van der Waals surface area contributed by atoms with E-state index in [-0.39, 0.29) is 17.6 Å². The molecule has 0 aliphatic heterocycles. The van der Waals surface area contributed by atoms with E-state index in [0.717, 1.165) is 5.75 Å². The molecule has 0 aliphatic carbocycles. The molecule has 0 spiro atoms. The molecule has 0 saturated carbocycles. The number of aromatic nitrogens is 2. The van der Waals surface area contributed by atoms with Gasteiger partial charge in [0.1, 0.15) is 0 Å². The Hall–Kier alpha value is -2.07. The van der Waals surface area contributed by atoms with Crippen LogP contribution in [0.2, 0.25) is 5.02 Å². The third kappa shape index (κ3) is 7.69. The maximum Gasteiger partial charge on any atom is 0.236 e. The summed E-state index contributed by atoms with van der Waals surface area (Å²) < 4.78 is 0.610. The number of halogens is 1. The topological polar surface area (TPSA) is 84.0 Å². The molecule has 1 aromatic heterocycles. The number of anilines is 2. The minimum Gasteiger partial charge on any atom is -0.325 e. The molecule has 0 fully saturated rings. The number of hydrogen-bond acceptors (Lipinski definition) is 7. The molecular formula is C19H17ClN4O2S3. The van der Waals surface area contributed by atoms with E-state index < -0.39 is 0 Å². The van der Waals surface area contributed by atoms with Crippen molar-refractivity contribution >= 4 is 69.1 Å². The molecule has 10 heteroatoms. The average Bonchev–Trinajstić information content (AvgIpc) is 3.14. The minimum atomic E-state index is -0.171. The first-order valence-corrected chi connectivity index (χ1v) is 11.9. The zero-order chi connectivity index (χ0) is 20.5. The van der Waals surface area contributed by atoms with Gasteiger partial charge in [-0.25, -0.2) is 0 Å². The fourth-order valence-electron chi connectivity index (χ4n) is 2.20. The smallest absolute Gasteiger partial charge is 0.236 e. The summed E-state index contributed by atoms with van der Waals surface area (Å²) in [7, 11) is 0. The van der Waals surface area contributed by atoms with Gasteiger partial charge < -0.3 is 5.32 Å². The lowest BCUT2D eigenvalue weighted by molar-refractivity contribution is -0.114. The number of hydrogen-bond donors (Lipinski definition) is 2. The van der Waals surface area contributed by atoms with Gasteiger partial charge >= 0.3 is 0 Å². The number of nitrogens with one attached hydrogen (secondary N) is 2. The second-order valence-corrected chi connectivity index (χ2v) is 9.37. The normalized spacial score (nSPS) is 10.5. The van der Waals surface area contributed by atoms with E-state index in [1.165, 1.54) is 40.4 Å². The standard InChI is InChI=1S/C19H17ClN4O2S3/c20-14-7-4-8-15(9-14)21-17(26)12-28-19-24-23-18(29-19)22-16(25)11-27-10-13-5-2-1-3-6-13/h1-9H,10-12H2,(H,21,26)(H,22,23,25). The van der Waals surface area contributed by atoms with Crippen molar-refractivity contribution in [1.82, 2.24) is 10.2 Å². The molecule has 0 aliphatic rings. The van der Waals surface area contributed by atoms with Gasteiger partial charge in [0.05, 0.1) is 11.5 Å². The largest absolute Gasteiger partial charge is 0.325 e. The summed E-state index contributed by atoms with van der Waals surface area (Å²) in [6, 6.07) is 16.9. The lowest BCUT2D eigenvalue weighted by Crippen LogP contribution is -2.14. The van der Waals surface area contributed by atoms with Crippen LogP contribution >= 0.6 is 46.5 Å². The van der Waals surface area contributed by atoms with Crippen molar-refractivity contribution in [2.75, 3.05) is 22.1 Å². The molecule has 2 N–H and O–H groups in total. The Bertz CT molecular complexity index is 969. The van der Waals surface area contributed by atoms with Gasteiger partial charge in [0, 0.05) is 16.5 Å². The van der Waals surface area contributed by atoms with E-state index in [2.05, 4.69) is 20.8 Å². The fraction of sp³-hybridized carbons (Fsp3) is 0.158. The van der Waals surface area contributed by atoms with Gasteiger partial charge in [-0.2, -0.15) is 0 Å². The minimum absolute atomic E-state index is 0.127. The molecule has 0 atom stereocenters. The van der Waals surface area contributed by atoms with Crippen LogP contribution in [0.5, 0.6) is 0 Å². The van der Waals surface area contributed by atoms with E-state index in [1.807, 2.05) is 30.3 Å². The molecule has 150 valence electrons. The van der Waals surface area contributed by atoms with E-state index in [4.69, 9.17) is 11.6 Å². The zero-order valence-corrected chi connectivity index (χ0v) is 18.3. The highest BCUT2D eigenvalue weighted by Crippen LogP contribution is 2.26. The van der Waals surface area contributed by atoms with Crippen LogP contribution in [0.1, 0.15) is 5.56 Å². The van der Waals surface area contributed by atoms with Crippen LogP contribution in [0.25, 0.3) is 0 Å². The third-order valence-corrected chi connectivity index (χ3v) is 6.64. The van der Waals surface area contributed by atoms with Gasteiger partial charge in [-0.3, -0.25) is 14.9 Å². The molecular weight excluding hydrogens is 448 g/mol. The van der Waals surface area contributed by atoms with Gasteiger partial charge in [-0.05, 0) is 23.8 Å². The Kier molecular flexibility index (Phi) is 8.36. The number of carbonyl (C=O) groups excluding carboxylic acids is 2. The molecule has 0 saturated heterocycles. The molecule has 1 heterocycles. The number of nitrogens with zero attached hydrogens (tertiary/aromatic N) is 2. The summed E-state index contributed by atoms with van der Waals surface area (Å²) in [6.07, 6.45) is 0. The van der Waals surface area contributed by atoms with Crippen molar-refractivity contribution in [3.63, 3.8) is 0 Å². The molecule has 3 rings (SSSR count). The Balaban J connectivity index is 1.38. The molecule has 0 radical (unpaired) electrons. The highest BCUT2D eigenvalue weighted by Gasteiger charge is 2.11. The SMILES string of the molecule is O=C(CSc1nnc(NC(=O)CSCc2ccccc2)s1)Nc1cccc(Cl)c1.